The number of amides is 1. The maximum absolute atomic E-state index is 12.0. The molecule has 1 aromatic rings. The third-order valence-electron chi connectivity index (χ3n) is 2.85. The minimum atomic E-state index is 0. The summed E-state index contributed by atoms with van der Waals surface area (Å²) in [5.41, 5.74) is 6.83. The highest BCUT2D eigenvalue weighted by molar-refractivity contribution is 5.85. The Hall–Kier alpha value is -1.06. The third-order valence-corrected chi connectivity index (χ3v) is 2.85. The molecule has 3 nitrogen and oxygen atoms in total. The quantitative estimate of drug-likeness (QED) is 0.836. The first-order valence-electron chi connectivity index (χ1n) is 6.65. The molecule has 0 fully saturated rings. The number of benzene rings is 1. The molecular weight excluding hydrogens is 260 g/mol. The lowest BCUT2D eigenvalue weighted by Gasteiger charge is -2.23. The van der Waals surface area contributed by atoms with Gasteiger partial charge in [-0.1, -0.05) is 44.2 Å². The van der Waals surface area contributed by atoms with Gasteiger partial charge in [0.1, 0.15) is 0 Å². The number of carbonyl (C=O) groups is 1. The van der Waals surface area contributed by atoms with Crippen molar-refractivity contribution in [3.05, 3.63) is 35.9 Å². The van der Waals surface area contributed by atoms with E-state index < -0.39 is 0 Å². The predicted molar refractivity (Wildman–Crippen MR) is 82.5 cm³/mol. The van der Waals surface area contributed by atoms with Crippen LogP contribution in [0.1, 0.15) is 25.8 Å². The van der Waals surface area contributed by atoms with Gasteiger partial charge in [-0.05, 0) is 17.9 Å². The molecule has 108 valence electrons. The molecule has 0 spiro atoms. The summed E-state index contributed by atoms with van der Waals surface area (Å²) in [6, 6.07) is 10.2. The van der Waals surface area contributed by atoms with E-state index in [0.29, 0.717) is 25.4 Å². The molecule has 1 amide bonds. The molecule has 1 rings (SSSR count). The topological polar surface area (TPSA) is 46.3 Å². The van der Waals surface area contributed by atoms with Gasteiger partial charge < -0.3 is 10.6 Å². The summed E-state index contributed by atoms with van der Waals surface area (Å²) < 4.78 is 0. The molecule has 0 aliphatic heterocycles. The minimum absolute atomic E-state index is 0. The molecule has 2 N–H and O–H groups in total. The molecule has 0 radical (unpaired) electrons. The Bertz CT molecular complexity index is 354. The number of hydrogen-bond donors (Lipinski definition) is 1. The van der Waals surface area contributed by atoms with E-state index in [9.17, 15) is 4.79 Å². The molecule has 0 saturated carbocycles. The first-order valence-corrected chi connectivity index (χ1v) is 6.65. The molecule has 0 saturated heterocycles. The number of nitrogens with zero attached hydrogens (tertiary/aromatic N) is 1. The molecule has 0 unspecified atom stereocenters. The van der Waals surface area contributed by atoms with Crippen LogP contribution in [0.3, 0.4) is 0 Å². The Morgan fingerprint density at radius 3 is 2.37 bits per heavy atom. The van der Waals surface area contributed by atoms with Crippen LogP contribution in [-0.4, -0.2) is 30.4 Å². The van der Waals surface area contributed by atoms with Crippen LogP contribution in [0.4, 0.5) is 0 Å². The van der Waals surface area contributed by atoms with Gasteiger partial charge in [0.05, 0.1) is 0 Å². The molecule has 0 heterocycles. The van der Waals surface area contributed by atoms with Crippen LogP contribution < -0.4 is 5.73 Å². The van der Waals surface area contributed by atoms with Crippen molar-refractivity contribution in [1.29, 1.82) is 0 Å². The number of rotatable bonds is 7. The van der Waals surface area contributed by atoms with E-state index in [1.807, 2.05) is 23.1 Å². The monoisotopic (exact) mass is 284 g/mol. The predicted octanol–water partition coefficient (Wildman–Crippen LogP) is 2.48. The molecule has 0 aliphatic rings. The van der Waals surface area contributed by atoms with Crippen LogP contribution in [0.2, 0.25) is 0 Å². The van der Waals surface area contributed by atoms with E-state index >= 15 is 0 Å². The first-order chi connectivity index (χ1) is 8.63. The van der Waals surface area contributed by atoms with Crippen LogP contribution >= 0.6 is 12.4 Å². The van der Waals surface area contributed by atoms with Crippen molar-refractivity contribution in [1.82, 2.24) is 4.90 Å². The Labute approximate surface area is 122 Å². The highest BCUT2D eigenvalue weighted by Crippen LogP contribution is 2.06. The van der Waals surface area contributed by atoms with Gasteiger partial charge in [-0.15, -0.1) is 12.4 Å². The third kappa shape index (κ3) is 7.19. The van der Waals surface area contributed by atoms with Gasteiger partial charge in [-0.2, -0.15) is 0 Å². The molecular formula is C15H25ClN2O. The summed E-state index contributed by atoms with van der Waals surface area (Å²) in [7, 11) is 0. The Balaban J connectivity index is 0.00000324. The lowest BCUT2D eigenvalue weighted by Crippen LogP contribution is -2.37. The zero-order valence-corrected chi connectivity index (χ0v) is 12.7. The summed E-state index contributed by atoms with van der Waals surface area (Å²) in [6.07, 6.45) is 1.50. The van der Waals surface area contributed by atoms with E-state index in [1.165, 1.54) is 5.56 Å². The maximum Gasteiger partial charge on any atom is 0.222 e. The van der Waals surface area contributed by atoms with E-state index in [1.54, 1.807) is 0 Å². The van der Waals surface area contributed by atoms with Crippen LogP contribution in [0.5, 0.6) is 0 Å². The zero-order chi connectivity index (χ0) is 13.4. The second kappa shape index (κ2) is 9.82. The van der Waals surface area contributed by atoms with Crippen molar-refractivity contribution in [3.8, 4) is 0 Å². The molecule has 0 atom stereocenters. The highest BCUT2D eigenvalue weighted by atomic mass is 35.5. The first kappa shape index (κ1) is 17.9. The van der Waals surface area contributed by atoms with Gasteiger partial charge in [0.25, 0.3) is 0 Å². The van der Waals surface area contributed by atoms with Crippen LogP contribution in [0.15, 0.2) is 30.3 Å². The van der Waals surface area contributed by atoms with Crippen molar-refractivity contribution >= 4 is 18.3 Å². The molecule has 1 aromatic carbocycles. The maximum atomic E-state index is 12.0. The Kier molecular flexibility index (Phi) is 9.27. The van der Waals surface area contributed by atoms with Crippen molar-refractivity contribution in [2.45, 2.75) is 26.7 Å². The summed E-state index contributed by atoms with van der Waals surface area (Å²) in [5, 5.41) is 0. The molecule has 0 bridgehead atoms. The smallest absolute Gasteiger partial charge is 0.222 e. The summed E-state index contributed by atoms with van der Waals surface area (Å²) in [6.45, 7) is 6.06. The average Bonchev–Trinajstić information content (AvgIpc) is 2.34. The number of hydrogen-bond acceptors (Lipinski definition) is 2. The molecule has 4 heteroatoms. The van der Waals surface area contributed by atoms with Gasteiger partial charge >= 0.3 is 0 Å². The summed E-state index contributed by atoms with van der Waals surface area (Å²) in [5.74, 6) is 0.612. The molecule has 0 aromatic heterocycles. The van der Waals surface area contributed by atoms with Gasteiger partial charge in [0.15, 0.2) is 0 Å². The number of halogens is 1. The van der Waals surface area contributed by atoms with E-state index in [-0.39, 0.29) is 18.3 Å². The lowest BCUT2D eigenvalue weighted by atomic mass is 10.1. The average molecular weight is 285 g/mol. The lowest BCUT2D eigenvalue weighted by molar-refractivity contribution is -0.131. The minimum Gasteiger partial charge on any atom is -0.341 e. The number of carbonyl (C=O) groups excluding carboxylic acids is 1. The van der Waals surface area contributed by atoms with Crippen molar-refractivity contribution in [2.75, 3.05) is 19.6 Å². The normalized spacial score (nSPS) is 10.1. The molecule has 19 heavy (non-hydrogen) atoms. The largest absolute Gasteiger partial charge is 0.341 e. The van der Waals surface area contributed by atoms with E-state index in [0.717, 1.165) is 13.0 Å². The standard InChI is InChI=1S/C15H24N2O.ClH/c1-13(2)12-15(18)17(11-9-16)10-8-14-6-4-3-5-7-14;/h3-7,13H,8-12,16H2,1-2H3;1H. The fourth-order valence-electron chi connectivity index (χ4n) is 1.90. The van der Waals surface area contributed by atoms with Crippen LogP contribution in [0.25, 0.3) is 0 Å². The van der Waals surface area contributed by atoms with Gasteiger partial charge in [-0.25, -0.2) is 0 Å². The van der Waals surface area contributed by atoms with Crippen molar-refractivity contribution in [2.24, 2.45) is 11.7 Å². The SMILES string of the molecule is CC(C)CC(=O)N(CCN)CCc1ccccc1.Cl. The Morgan fingerprint density at radius 2 is 1.84 bits per heavy atom. The van der Waals surface area contributed by atoms with Gasteiger partial charge in [-0.3, -0.25) is 4.79 Å². The second-order valence-electron chi connectivity index (χ2n) is 5.00. The fraction of sp³-hybridized carbons (Fsp3) is 0.533. The zero-order valence-electron chi connectivity index (χ0n) is 11.8. The fourth-order valence-corrected chi connectivity index (χ4v) is 1.90. The van der Waals surface area contributed by atoms with E-state index in [4.69, 9.17) is 5.73 Å². The van der Waals surface area contributed by atoms with Crippen LogP contribution in [0, 0.1) is 5.92 Å². The van der Waals surface area contributed by atoms with Gasteiger partial charge in [0, 0.05) is 26.1 Å². The van der Waals surface area contributed by atoms with Crippen LogP contribution in [-0.2, 0) is 11.2 Å². The number of nitrogens with two attached hydrogens (primary N) is 1. The van der Waals surface area contributed by atoms with E-state index in [2.05, 4.69) is 26.0 Å². The summed E-state index contributed by atoms with van der Waals surface area (Å²) >= 11 is 0. The highest BCUT2D eigenvalue weighted by Gasteiger charge is 2.13. The van der Waals surface area contributed by atoms with Crippen molar-refractivity contribution < 1.29 is 4.79 Å². The van der Waals surface area contributed by atoms with Gasteiger partial charge in [0.2, 0.25) is 5.91 Å². The van der Waals surface area contributed by atoms with Crippen molar-refractivity contribution in [3.63, 3.8) is 0 Å². The summed E-state index contributed by atoms with van der Waals surface area (Å²) in [4.78, 5) is 13.9. The Morgan fingerprint density at radius 1 is 1.21 bits per heavy atom. The molecule has 0 aliphatic carbocycles. The second-order valence-corrected chi connectivity index (χ2v) is 5.00.